The van der Waals surface area contributed by atoms with Gasteiger partial charge in [0, 0.05) is 32.6 Å². The molecule has 0 spiro atoms. The molecule has 0 saturated carbocycles. The maximum atomic E-state index is 12.1. The van der Waals surface area contributed by atoms with Crippen LogP contribution in [0.5, 0.6) is 0 Å². The van der Waals surface area contributed by atoms with E-state index >= 15 is 0 Å². The molecule has 0 aromatic carbocycles. The third-order valence-electron chi connectivity index (χ3n) is 4.68. The summed E-state index contributed by atoms with van der Waals surface area (Å²) in [6, 6.07) is 0.0921. The van der Waals surface area contributed by atoms with Crippen molar-refractivity contribution >= 4 is 5.91 Å². The zero-order chi connectivity index (χ0) is 15.5. The molecule has 0 radical (unpaired) electrons. The molecule has 7 nitrogen and oxygen atoms in total. The maximum absolute atomic E-state index is 12.1. The molecule has 2 saturated heterocycles. The highest BCUT2D eigenvalue weighted by atomic mass is 16.5. The number of hydrogen-bond donors (Lipinski definition) is 1. The van der Waals surface area contributed by atoms with Crippen molar-refractivity contribution in [3.8, 4) is 0 Å². The van der Waals surface area contributed by atoms with Crippen LogP contribution in [0.15, 0.2) is 4.52 Å². The number of carbonyl (C=O) groups is 1. The number of rotatable bonds is 3. The highest BCUT2D eigenvalue weighted by molar-refractivity contribution is 5.76. The predicted octanol–water partition coefficient (Wildman–Crippen LogP) is 1.11. The molecule has 0 bridgehead atoms. The molecular weight excluding hydrogens is 282 g/mol. The van der Waals surface area contributed by atoms with Gasteiger partial charge in [-0.2, -0.15) is 4.98 Å². The summed E-state index contributed by atoms with van der Waals surface area (Å²) in [7, 11) is 2.08. The van der Waals surface area contributed by atoms with Gasteiger partial charge in [0.05, 0.1) is 6.04 Å². The first-order chi connectivity index (χ1) is 10.7. The molecule has 2 atom stereocenters. The summed E-state index contributed by atoms with van der Waals surface area (Å²) >= 11 is 0. The van der Waals surface area contributed by atoms with Crippen LogP contribution in [-0.2, 0) is 4.79 Å². The molecular formula is C15H25N5O2. The van der Waals surface area contributed by atoms with Crippen molar-refractivity contribution in [1.82, 2.24) is 25.3 Å². The van der Waals surface area contributed by atoms with Crippen LogP contribution in [0.25, 0.3) is 0 Å². The molecule has 3 heterocycles. The van der Waals surface area contributed by atoms with E-state index < -0.39 is 0 Å². The molecule has 2 aliphatic rings. The minimum absolute atomic E-state index is 0.0516. The number of piperazine rings is 1. The molecule has 3 rings (SSSR count). The van der Waals surface area contributed by atoms with Crippen molar-refractivity contribution in [2.24, 2.45) is 0 Å². The molecule has 1 amide bonds. The van der Waals surface area contributed by atoms with Crippen LogP contribution in [0, 0.1) is 0 Å². The largest absolute Gasteiger partial charge is 0.337 e. The average Bonchev–Trinajstić information content (AvgIpc) is 3.04. The second-order valence-electron chi connectivity index (χ2n) is 6.14. The van der Waals surface area contributed by atoms with Crippen LogP contribution < -0.4 is 5.32 Å². The first kappa shape index (κ1) is 15.4. The van der Waals surface area contributed by atoms with Gasteiger partial charge >= 0.3 is 0 Å². The van der Waals surface area contributed by atoms with E-state index in [0.717, 1.165) is 51.3 Å². The number of piperidine rings is 1. The second-order valence-corrected chi connectivity index (χ2v) is 6.14. The lowest BCUT2D eigenvalue weighted by molar-refractivity contribution is -0.135. The zero-order valence-corrected chi connectivity index (χ0v) is 13.4. The topological polar surface area (TPSA) is 74.5 Å². The van der Waals surface area contributed by atoms with Gasteiger partial charge in [0.25, 0.3) is 0 Å². The Balaban J connectivity index is 1.78. The van der Waals surface area contributed by atoms with Crippen molar-refractivity contribution in [3.63, 3.8) is 0 Å². The van der Waals surface area contributed by atoms with E-state index in [-0.39, 0.29) is 18.0 Å². The molecule has 0 aliphatic carbocycles. The van der Waals surface area contributed by atoms with E-state index in [1.807, 2.05) is 11.8 Å². The summed E-state index contributed by atoms with van der Waals surface area (Å²) < 4.78 is 5.52. The van der Waals surface area contributed by atoms with E-state index in [2.05, 4.69) is 27.4 Å². The fourth-order valence-corrected chi connectivity index (χ4v) is 3.30. The van der Waals surface area contributed by atoms with E-state index in [4.69, 9.17) is 4.52 Å². The van der Waals surface area contributed by atoms with E-state index in [9.17, 15) is 4.79 Å². The van der Waals surface area contributed by atoms with Gasteiger partial charge in [-0.1, -0.05) is 12.1 Å². The summed E-state index contributed by atoms with van der Waals surface area (Å²) in [6.07, 6.45) is 3.58. The van der Waals surface area contributed by atoms with Crippen molar-refractivity contribution < 1.29 is 9.32 Å². The number of amides is 1. The van der Waals surface area contributed by atoms with E-state index in [1.54, 1.807) is 0 Å². The molecule has 1 aromatic heterocycles. The number of likely N-dealkylation sites (tertiary alicyclic amines) is 1. The van der Waals surface area contributed by atoms with Crippen LogP contribution in [0.2, 0.25) is 0 Å². The second kappa shape index (κ2) is 6.75. The maximum Gasteiger partial charge on any atom is 0.249 e. The Bertz CT molecular complexity index is 518. The van der Waals surface area contributed by atoms with E-state index in [0.29, 0.717) is 12.3 Å². The van der Waals surface area contributed by atoms with Gasteiger partial charge < -0.3 is 14.7 Å². The van der Waals surface area contributed by atoms with Gasteiger partial charge in [0.2, 0.25) is 11.8 Å². The summed E-state index contributed by atoms with van der Waals surface area (Å²) in [5, 5.41) is 7.54. The highest BCUT2D eigenvalue weighted by Gasteiger charge is 2.33. The third kappa shape index (κ3) is 3.01. The average molecular weight is 307 g/mol. The SMILES string of the molecule is CCC(=O)N1CCCCC1c1nc(C2CNCCN2C)no1. The Morgan fingerprint density at radius 3 is 3.00 bits per heavy atom. The first-order valence-electron chi connectivity index (χ1n) is 8.24. The van der Waals surface area contributed by atoms with Crippen LogP contribution >= 0.6 is 0 Å². The lowest BCUT2D eigenvalue weighted by Crippen LogP contribution is -2.44. The first-order valence-corrected chi connectivity index (χ1v) is 8.24. The normalized spacial score (nSPS) is 27.1. The van der Waals surface area contributed by atoms with Crippen LogP contribution in [0.1, 0.15) is 56.4 Å². The zero-order valence-electron chi connectivity index (χ0n) is 13.4. The Kier molecular flexibility index (Phi) is 4.73. The smallest absolute Gasteiger partial charge is 0.249 e. The number of hydrogen-bond acceptors (Lipinski definition) is 6. The lowest BCUT2D eigenvalue weighted by atomic mass is 10.0. The van der Waals surface area contributed by atoms with Crippen molar-refractivity contribution in [2.75, 3.05) is 33.2 Å². The van der Waals surface area contributed by atoms with Crippen LogP contribution in [0.4, 0.5) is 0 Å². The fourth-order valence-electron chi connectivity index (χ4n) is 3.30. The molecule has 1 N–H and O–H groups in total. The standard InChI is InChI=1S/C15H25N5O2/c1-3-13(21)20-8-5-4-6-11(20)15-17-14(18-22-15)12-10-16-7-9-19(12)2/h11-12,16H,3-10H2,1-2H3. The monoisotopic (exact) mass is 307 g/mol. The van der Waals surface area contributed by atoms with Gasteiger partial charge in [-0.25, -0.2) is 0 Å². The van der Waals surface area contributed by atoms with Gasteiger partial charge in [-0.3, -0.25) is 9.69 Å². The molecule has 2 unspecified atom stereocenters. The molecule has 2 aliphatic heterocycles. The Morgan fingerprint density at radius 2 is 2.23 bits per heavy atom. The van der Waals surface area contributed by atoms with Gasteiger partial charge in [0.15, 0.2) is 5.82 Å². The number of nitrogens with zero attached hydrogens (tertiary/aromatic N) is 4. The number of carbonyl (C=O) groups excluding carboxylic acids is 1. The van der Waals surface area contributed by atoms with Gasteiger partial charge in [-0.05, 0) is 26.3 Å². The predicted molar refractivity (Wildman–Crippen MR) is 81.1 cm³/mol. The Hall–Kier alpha value is -1.47. The van der Waals surface area contributed by atoms with E-state index in [1.165, 1.54) is 0 Å². The van der Waals surface area contributed by atoms with Gasteiger partial charge in [-0.15, -0.1) is 0 Å². The Morgan fingerprint density at radius 1 is 1.36 bits per heavy atom. The molecule has 22 heavy (non-hydrogen) atoms. The number of aromatic nitrogens is 2. The molecule has 2 fully saturated rings. The molecule has 122 valence electrons. The lowest BCUT2D eigenvalue weighted by Gasteiger charge is -2.33. The minimum atomic E-state index is -0.0516. The van der Waals surface area contributed by atoms with Crippen LogP contribution in [-0.4, -0.2) is 59.1 Å². The summed E-state index contributed by atoms with van der Waals surface area (Å²) in [4.78, 5) is 20.9. The van der Waals surface area contributed by atoms with Crippen LogP contribution in [0.3, 0.4) is 0 Å². The van der Waals surface area contributed by atoms with Crippen molar-refractivity contribution in [1.29, 1.82) is 0 Å². The number of nitrogens with one attached hydrogen (secondary N) is 1. The highest BCUT2D eigenvalue weighted by Crippen LogP contribution is 2.31. The number of likely N-dealkylation sites (N-methyl/N-ethyl adjacent to an activating group) is 1. The summed E-state index contributed by atoms with van der Waals surface area (Å²) in [5.41, 5.74) is 0. The van der Waals surface area contributed by atoms with Gasteiger partial charge in [0.1, 0.15) is 6.04 Å². The minimum Gasteiger partial charge on any atom is -0.337 e. The quantitative estimate of drug-likeness (QED) is 0.901. The summed E-state index contributed by atoms with van der Waals surface area (Å²) in [6.45, 7) is 5.48. The van der Waals surface area contributed by atoms with Crippen molar-refractivity contribution in [3.05, 3.63) is 11.7 Å². The molecule has 7 heteroatoms. The molecule has 1 aromatic rings. The third-order valence-corrected chi connectivity index (χ3v) is 4.68. The Labute approximate surface area is 131 Å². The fraction of sp³-hybridized carbons (Fsp3) is 0.800. The van der Waals surface area contributed by atoms with Crippen molar-refractivity contribution in [2.45, 2.75) is 44.7 Å². The summed E-state index contributed by atoms with van der Waals surface area (Å²) in [5.74, 6) is 1.48.